The van der Waals surface area contributed by atoms with Crippen LogP contribution in [0.4, 0.5) is 5.95 Å². The van der Waals surface area contributed by atoms with Gasteiger partial charge in [-0.2, -0.15) is 5.10 Å². The monoisotopic (exact) mass is 320 g/mol. The van der Waals surface area contributed by atoms with E-state index in [1.807, 2.05) is 0 Å². The van der Waals surface area contributed by atoms with Crippen molar-refractivity contribution in [2.24, 2.45) is 5.10 Å². The predicted octanol–water partition coefficient (Wildman–Crippen LogP) is 0.923. The van der Waals surface area contributed by atoms with E-state index in [-0.39, 0.29) is 0 Å². The fourth-order valence-corrected chi connectivity index (χ4v) is 2.58. The van der Waals surface area contributed by atoms with E-state index in [2.05, 4.69) is 20.7 Å². The SMILES string of the molecule is COc1ccc(/C=N\Nc2nnc(C)n2N)c2sc(=O)oc12. The molecule has 0 saturated heterocycles. The van der Waals surface area contributed by atoms with E-state index in [9.17, 15) is 4.79 Å². The lowest BCUT2D eigenvalue weighted by Gasteiger charge is -2.02. The molecule has 0 aliphatic heterocycles. The highest BCUT2D eigenvalue weighted by Gasteiger charge is 2.12. The van der Waals surface area contributed by atoms with Crippen LogP contribution in [0.25, 0.3) is 10.3 Å². The Labute approximate surface area is 128 Å². The molecule has 114 valence electrons. The Balaban J connectivity index is 1.92. The normalized spacial score (nSPS) is 11.4. The molecule has 0 aliphatic carbocycles. The second kappa shape index (κ2) is 5.48. The van der Waals surface area contributed by atoms with Gasteiger partial charge in [-0.05, 0) is 19.1 Å². The molecule has 22 heavy (non-hydrogen) atoms. The third-order valence-corrected chi connectivity index (χ3v) is 3.81. The number of aryl methyl sites for hydroxylation is 1. The average molecular weight is 320 g/mol. The number of nitrogens with two attached hydrogens (primary N) is 1. The number of hydrazone groups is 1. The summed E-state index contributed by atoms with van der Waals surface area (Å²) in [6.07, 6.45) is 1.54. The molecule has 0 spiro atoms. The maximum atomic E-state index is 11.4. The number of nitrogens with zero attached hydrogens (tertiary/aromatic N) is 4. The molecule has 0 atom stereocenters. The first-order valence-corrected chi connectivity index (χ1v) is 6.98. The minimum absolute atomic E-state index is 0.305. The highest BCUT2D eigenvalue weighted by atomic mass is 32.1. The van der Waals surface area contributed by atoms with Crippen molar-refractivity contribution >= 4 is 33.8 Å². The Kier molecular flexibility index (Phi) is 3.51. The van der Waals surface area contributed by atoms with E-state index in [1.54, 1.807) is 19.1 Å². The van der Waals surface area contributed by atoms with Crippen molar-refractivity contribution in [2.45, 2.75) is 6.92 Å². The molecule has 1 aromatic carbocycles. The van der Waals surface area contributed by atoms with Crippen LogP contribution < -0.4 is 20.9 Å². The van der Waals surface area contributed by atoms with Crippen LogP contribution >= 0.6 is 11.3 Å². The topological polar surface area (TPSA) is 121 Å². The van der Waals surface area contributed by atoms with Gasteiger partial charge >= 0.3 is 4.94 Å². The van der Waals surface area contributed by atoms with Gasteiger partial charge in [0.1, 0.15) is 0 Å². The molecule has 0 aliphatic rings. The number of fused-ring (bicyclic) bond motifs is 1. The van der Waals surface area contributed by atoms with Crippen molar-refractivity contribution < 1.29 is 9.15 Å². The summed E-state index contributed by atoms with van der Waals surface area (Å²) >= 11 is 0.983. The lowest BCUT2D eigenvalue weighted by molar-refractivity contribution is 0.408. The minimum atomic E-state index is -0.403. The Bertz CT molecular complexity index is 909. The van der Waals surface area contributed by atoms with Crippen molar-refractivity contribution in [1.82, 2.24) is 14.9 Å². The molecule has 0 saturated carbocycles. The number of aromatic nitrogens is 3. The van der Waals surface area contributed by atoms with Gasteiger partial charge < -0.3 is 15.0 Å². The number of benzene rings is 1. The molecule has 2 heterocycles. The zero-order valence-corrected chi connectivity index (χ0v) is 12.5. The van der Waals surface area contributed by atoms with Crippen LogP contribution in [0.1, 0.15) is 11.4 Å². The summed E-state index contributed by atoms with van der Waals surface area (Å²) in [6.45, 7) is 1.72. The summed E-state index contributed by atoms with van der Waals surface area (Å²) in [4.78, 5) is 11.0. The van der Waals surface area contributed by atoms with Gasteiger partial charge in [0.05, 0.1) is 18.0 Å². The van der Waals surface area contributed by atoms with Gasteiger partial charge in [0.2, 0.25) is 0 Å². The van der Waals surface area contributed by atoms with E-state index < -0.39 is 4.94 Å². The van der Waals surface area contributed by atoms with E-state index in [0.29, 0.717) is 33.4 Å². The summed E-state index contributed by atoms with van der Waals surface area (Å²) < 4.78 is 12.2. The first-order chi connectivity index (χ1) is 10.6. The third-order valence-electron chi connectivity index (χ3n) is 2.93. The van der Waals surface area contributed by atoms with Gasteiger partial charge in [0, 0.05) is 5.56 Å². The summed E-state index contributed by atoms with van der Waals surface area (Å²) in [5.41, 5.74) is 3.79. The highest BCUT2D eigenvalue weighted by molar-refractivity contribution is 7.16. The average Bonchev–Trinajstić information content (AvgIpc) is 3.04. The minimum Gasteiger partial charge on any atom is -0.493 e. The van der Waals surface area contributed by atoms with Crippen LogP contribution in [0, 0.1) is 6.92 Å². The zero-order valence-electron chi connectivity index (χ0n) is 11.7. The van der Waals surface area contributed by atoms with Gasteiger partial charge in [-0.25, -0.2) is 14.9 Å². The Morgan fingerprint density at radius 1 is 1.50 bits per heavy atom. The lowest BCUT2D eigenvalue weighted by atomic mass is 10.2. The quantitative estimate of drug-likeness (QED) is 0.416. The van der Waals surface area contributed by atoms with Gasteiger partial charge in [-0.3, -0.25) is 0 Å². The number of hydrogen-bond donors (Lipinski definition) is 2. The maximum absolute atomic E-state index is 11.4. The molecule has 9 nitrogen and oxygen atoms in total. The van der Waals surface area contributed by atoms with Crippen molar-refractivity contribution in [3.63, 3.8) is 0 Å². The van der Waals surface area contributed by atoms with Gasteiger partial charge in [0.15, 0.2) is 17.2 Å². The second-order valence-electron chi connectivity index (χ2n) is 4.28. The third kappa shape index (κ3) is 2.39. The van der Waals surface area contributed by atoms with Crippen LogP contribution in [-0.2, 0) is 0 Å². The standard InChI is InChI=1S/C12H12N6O3S/c1-6-15-17-11(18(6)13)16-14-5-7-3-4-8(20-2)9-10(7)22-12(19)21-9/h3-5H,13H2,1-2H3,(H,16,17)/b14-5-. The molecule has 0 bridgehead atoms. The van der Waals surface area contributed by atoms with Crippen LogP contribution in [-0.4, -0.2) is 28.2 Å². The van der Waals surface area contributed by atoms with E-state index >= 15 is 0 Å². The molecule has 0 radical (unpaired) electrons. The Hall–Kier alpha value is -2.88. The summed E-state index contributed by atoms with van der Waals surface area (Å²) in [5, 5.41) is 11.7. The van der Waals surface area contributed by atoms with Gasteiger partial charge in [0.25, 0.3) is 5.95 Å². The second-order valence-corrected chi connectivity index (χ2v) is 5.23. The van der Waals surface area contributed by atoms with Crippen molar-refractivity contribution in [1.29, 1.82) is 0 Å². The van der Waals surface area contributed by atoms with Crippen LogP contribution in [0.3, 0.4) is 0 Å². The summed E-state index contributed by atoms with van der Waals surface area (Å²) in [7, 11) is 1.51. The first-order valence-electron chi connectivity index (χ1n) is 6.17. The molecule has 0 amide bonds. The molecule has 3 aromatic rings. The van der Waals surface area contributed by atoms with Crippen LogP contribution in [0.2, 0.25) is 0 Å². The largest absolute Gasteiger partial charge is 0.493 e. The zero-order chi connectivity index (χ0) is 15.7. The van der Waals surface area contributed by atoms with E-state index in [0.717, 1.165) is 11.3 Å². The van der Waals surface area contributed by atoms with Gasteiger partial charge in [-0.15, -0.1) is 10.2 Å². The first kappa shape index (κ1) is 14.1. The molecule has 0 fully saturated rings. The van der Waals surface area contributed by atoms with Gasteiger partial charge in [-0.1, -0.05) is 11.3 Å². The number of nitrogens with one attached hydrogen (secondary N) is 1. The molecule has 10 heteroatoms. The van der Waals surface area contributed by atoms with Crippen LogP contribution in [0.5, 0.6) is 5.75 Å². The lowest BCUT2D eigenvalue weighted by Crippen LogP contribution is -2.13. The summed E-state index contributed by atoms with van der Waals surface area (Å²) in [6, 6.07) is 3.48. The number of methoxy groups -OCH3 is 1. The van der Waals surface area contributed by atoms with E-state index in [4.69, 9.17) is 15.0 Å². The molecule has 0 unspecified atom stereocenters. The van der Waals surface area contributed by atoms with E-state index in [1.165, 1.54) is 18.0 Å². The number of anilines is 1. The Morgan fingerprint density at radius 3 is 3.00 bits per heavy atom. The maximum Gasteiger partial charge on any atom is 0.396 e. The fourth-order valence-electron chi connectivity index (χ4n) is 1.82. The van der Waals surface area contributed by atoms with Crippen molar-refractivity contribution in [3.05, 3.63) is 33.3 Å². The number of hydrogen-bond acceptors (Lipinski definition) is 9. The smallest absolute Gasteiger partial charge is 0.396 e. The molecule has 3 N–H and O–H groups in total. The number of nitrogen functional groups attached to an aromatic ring is 1. The molecular formula is C12H12N6O3S. The molecule has 2 aromatic heterocycles. The highest BCUT2D eigenvalue weighted by Crippen LogP contribution is 2.29. The molecule has 3 rings (SSSR count). The summed E-state index contributed by atoms with van der Waals surface area (Å²) in [5.74, 6) is 7.05. The fraction of sp³-hybridized carbons (Fsp3) is 0.167. The predicted molar refractivity (Wildman–Crippen MR) is 83.0 cm³/mol. The van der Waals surface area contributed by atoms with Crippen molar-refractivity contribution in [2.75, 3.05) is 18.4 Å². The number of rotatable bonds is 4. The molecular weight excluding hydrogens is 308 g/mol. The number of ether oxygens (including phenoxy) is 1. The van der Waals surface area contributed by atoms with Crippen LogP contribution in [0.15, 0.2) is 26.4 Å². The Morgan fingerprint density at radius 2 is 2.32 bits per heavy atom. The van der Waals surface area contributed by atoms with Crippen molar-refractivity contribution in [3.8, 4) is 5.75 Å².